The fraction of sp³-hybridized carbons (Fsp3) is 0.0667. The Kier molecular flexibility index (Phi) is 3.25. The number of benzene rings is 2. The van der Waals surface area contributed by atoms with Gasteiger partial charge in [0.2, 0.25) is 0 Å². The summed E-state index contributed by atoms with van der Waals surface area (Å²) in [6.45, 7) is 1.84. The lowest BCUT2D eigenvalue weighted by atomic mass is 10.1. The summed E-state index contributed by atoms with van der Waals surface area (Å²) in [7, 11) is 0. The highest BCUT2D eigenvalue weighted by molar-refractivity contribution is 5.72. The predicted octanol–water partition coefficient (Wildman–Crippen LogP) is 2.81. The van der Waals surface area contributed by atoms with E-state index in [0.717, 1.165) is 23.8 Å². The summed E-state index contributed by atoms with van der Waals surface area (Å²) in [5, 5.41) is 17.5. The van der Waals surface area contributed by atoms with Crippen molar-refractivity contribution in [2.75, 3.05) is 5.73 Å². The van der Waals surface area contributed by atoms with E-state index < -0.39 is 11.6 Å². The van der Waals surface area contributed by atoms with E-state index in [9.17, 15) is 13.9 Å². The van der Waals surface area contributed by atoms with Crippen molar-refractivity contribution in [3.05, 3.63) is 53.6 Å². The Morgan fingerprint density at radius 3 is 2.68 bits per heavy atom. The first-order valence-electron chi connectivity index (χ1n) is 6.44. The zero-order valence-electron chi connectivity index (χ0n) is 11.6. The number of phenols is 1. The first-order chi connectivity index (χ1) is 10.5. The molecule has 22 heavy (non-hydrogen) atoms. The molecule has 0 fully saturated rings. The number of halogens is 2. The van der Waals surface area contributed by atoms with Crippen LogP contribution in [0.2, 0.25) is 0 Å². The largest absolute Gasteiger partial charge is 0.506 e. The van der Waals surface area contributed by atoms with Gasteiger partial charge in [0.25, 0.3) is 0 Å². The lowest BCUT2D eigenvalue weighted by Gasteiger charge is -2.07. The van der Waals surface area contributed by atoms with Crippen molar-refractivity contribution < 1.29 is 13.9 Å². The van der Waals surface area contributed by atoms with Crippen LogP contribution in [0.25, 0.3) is 16.9 Å². The molecule has 7 heteroatoms. The second kappa shape index (κ2) is 5.10. The van der Waals surface area contributed by atoms with Crippen molar-refractivity contribution in [2.24, 2.45) is 0 Å². The molecule has 0 aliphatic carbocycles. The molecule has 5 nitrogen and oxygen atoms in total. The summed E-state index contributed by atoms with van der Waals surface area (Å²) < 4.78 is 28.3. The first kappa shape index (κ1) is 14.0. The first-order valence-corrected chi connectivity index (χ1v) is 6.44. The van der Waals surface area contributed by atoms with Gasteiger partial charge in [-0.3, -0.25) is 0 Å². The van der Waals surface area contributed by atoms with Crippen molar-refractivity contribution in [3.63, 3.8) is 0 Å². The molecule has 0 saturated heterocycles. The Balaban J connectivity index is 2.17. The second-order valence-electron chi connectivity index (χ2n) is 4.85. The summed E-state index contributed by atoms with van der Waals surface area (Å²) in [6.07, 6.45) is 0. The third-order valence-corrected chi connectivity index (χ3v) is 3.25. The number of aromatic nitrogens is 3. The molecule has 3 aromatic rings. The number of hydrogen-bond donors (Lipinski definition) is 2. The van der Waals surface area contributed by atoms with Crippen molar-refractivity contribution in [2.45, 2.75) is 6.92 Å². The fourth-order valence-electron chi connectivity index (χ4n) is 2.14. The topological polar surface area (TPSA) is 77.0 Å². The van der Waals surface area contributed by atoms with Crippen LogP contribution in [0.15, 0.2) is 36.4 Å². The summed E-state index contributed by atoms with van der Waals surface area (Å²) in [4.78, 5) is 0. The minimum atomic E-state index is -0.659. The Bertz CT molecular complexity index is 792. The number of aryl methyl sites for hydroxylation is 1. The third-order valence-electron chi connectivity index (χ3n) is 3.25. The Morgan fingerprint density at radius 2 is 1.91 bits per heavy atom. The van der Waals surface area contributed by atoms with Gasteiger partial charge in [-0.05, 0) is 42.8 Å². The third kappa shape index (κ3) is 2.26. The predicted molar refractivity (Wildman–Crippen MR) is 77.5 cm³/mol. The van der Waals surface area contributed by atoms with Crippen LogP contribution in [0.1, 0.15) is 5.56 Å². The quantitative estimate of drug-likeness (QED) is 0.763. The van der Waals surface area contributed by atoms with Crippen LogP contribution in [-0.4, -0.2) is 20.1 Å². The van der Waals surface area contributed by atoms with Crippen LogP contribution in [0.3, 0.4) is 0 Å². The number of anilines is 1. The second-order valence-corrected chi connectivity index (χ2v) is 4.85. The van der Waals surface area contributed by atoms with Gasteiger partial charge in [-0.25, -0.2) is 8.78 Å². The molecule has 0 radical (unpaired) electrons. The molecule has 0 saturated carbocycles. The molecule has 0 aliphatic rings. The maximum Gasteiger partial charge on any atom is 0.156 e. The van der Waals surface area contributed by atoms with E-state index in [1.165, 1.54) is 10.7 Å². The minimum Gasteiger partial charge on any atom is -0.506 e. The standard InChI is InChI=1S/C15H12F2N4O/c1-8-2-5-13(22)12(6-8)21-15(18)14(19-20-21)10-7-9(16)3-4-11(10)17/h2-7,22H,18H2,1H3. The highest BCUT2D eigenvalue weighted by Gasteiger charge is 2.18. The Labute approximate surface area is 124 Å². The molecule has 1 heterocycles. The van der Waals surface area contributed by atoms with E-state index in [2.05, 4.69) is 10.3 Å². The molecule has 2 aromatic carbocycles. The van der Waals surface area contributed by atoms with Crippen LogP contribution in [-0.2, 0) is 0 Å². The average molecular weight is 302 g/mol. The van der Waals surface area contributed by atoms with E-state index >= 15 is 0 Å². The van der Waals surface area contributed by atoms with Crippen molar-refractivity contribution in [1.29, 1.82) is 0 Å². The van der Waals surface area contributed by atoms with Crippen molar-refractivity contribution in [1.82, 2.24) is 15.0 Å². The summed E-state index contributed by atoms with van der Waals surface area (Å²) >= 11 is 0. The fourth-order valence-corrected chi connectivity index (χ4v) is 2.14. The molecule has 0 spiro atoms. The molecule has 3 rings (SSSR count). The van der Waals surface area contributed by atoms with Crippen LogP contribution in [0.5, 0.6) is 5.75 Å². The number of rotatable bonds is 2. The van der Waals surface area contributed by atoms with E-state index in [4.69, 9.17) is 5.73 Å². The maximum absolute atomic E-state index is 13.8. The van der Waals surface area contributed by atoms with Gasteiger partial charge >= 0.3 is 0 Å². The molecule has 1 aromatic heterocycles. The molecule has 112 valence electrons. The number of hydrogen-bond acceptors (Lipinski definition) is 4. The maximum atomic E-state index is 13.8. The average Bonchev–Trinajstić information content (AvgIpc) is 2.86. The lowest BCUT2D eigenvalue weighted by molar-refractivity contribution is 0.470. The van der Waals surface area contributed by atoms with E-state index in [-0.39, 0.29) is 22.8 Å². The molecule has 0 atom stereocenters. The number of aromatic hydroxyl groups is 1. The molecular weight excluding hydrogens is 290 g/mol. The van der Waals surface area contributed by atoms with Crippen LogP contribution < -0.4 is 5.73 Å². The van der Waals surface area contributed by atoms with Gasteiger partial charge in [0.1, 0.15) is 28.8 Å². The SMILES string of the molecule is Cc1ccc(O)c(-n2nnc(-c3cc(F)ccc3F)c2N)c1. The van der Waals surface area contributed by atoms with Crippen molar-refractivity contribution in [3.8, 4) is 22.7 Å². The van der Waals surface area contributed by atoms with Crippen molar-refractivity contribution >= 4 is 5.82 Å². The van der Waals surface area contributed by atoms with Gasteiger partial charge < -0.3 is 10.8 Å². The summed E-state index contributed by atoms with van der Waals surface area (Å²) in [5.74, 6) is -1.31. The molecule has 0 bridgehead atoms. The molecular formula is C15H12F2N4O. The van der Waals surface area contributed by atoms with Gasteiger partial charge in [-0.15, -0.1) is 5.10 Å². The molecule has 0 aliphatic heterocycles. The van der Waals surface area contributed by atoms with E-state index in [1.54, 1.807) is 12.1 Å². The van der Waals surface area contributed by atoms with E-state index in [0.29, 0.717) is 5.69 Å². The number of phenolic OH excluding ortho intramolecular Hbond substituents is 1. The summed E-state index contributed by atoms with van der Waals surface area (Å²) in [5.41, 5.74) is 7.06. The van der Waals surface area contributed by atoms with E-state index in [1.807, 2.05) is 6.92 Å². The number of nitrogen functional groups attached to an aromatic ring is 1. The van der Waals surface area contributed by atoms with Crippen LogP contribution in [0.4, 0.5) is 14.6 Å². The molecule has 0 unspecified atom stereocenters. The normalized spacial score (nSPS) is 10.9. The highest BCUT2D eigenvalue weighted by Crippen LogP contribution is 2.31. The number of nitrogens with two attached hydrogens (primary N) is 1. The highest BCUT2D eigenvalue weighted by atomic mass is 19.1. The monoisotopic (exact) mass is 302 g/mol. The van der Waals surface area contributed by atoms with Gasteiger partial charge in [0, 0.05) is 5.56 Å². The van der Waals surface area contributed by atoms with Gasteiger partial charge in [-0.1, -0.05) is 11.3 Å². The zero-order valence-corrected chi connectivity index (χ0v) is 11.6. The minimum absolute atomic E-state index is 0.00500. The van der Waals surface area contributed by atoms with Gasteiger partial charge in [-0.2, -0.15) is 4.68 Å². The molecule has 0 amide bonds. The summed E-state index contributed by atoms with van der Waals surface area (Å²) in [6, 6.07) is 7.87. The Hall–Kier alpha value is -2.96. The van der Waals surface area contributed by atoms with Crippen LogP contribution in [0, 0.1) is 18.6 Å². The Morgan fingerprint density at radius 1 is 1.14 bits per heavy atom. The number of nitrogens with zero attached hydrogens (tertiary/aromatic N) is 3. The smallest absolute Gasteiger partial charge is 0.156 e. The zero-order chi connectivity index (χ0) is 15.9. The van der Waals surface area contributed by atoms with Gasteiger partial charge in [0.05, 0.1) is 0 Å². The lowest BCUT2D eigenvalue weighted by Crippen LogP contribution is -2.03. The van der Waals surface area contributed by atoms with Crippen LogP contribution >= 0.6 is 0 Å². The van der Waals surface area contributed by atoms with Gasteiger partial charge in [0.15, 0.2) is 5.82 Å². The molecule has 3 N–H and O–H groups in total.